The van der Waals surface area contributed by atoms with Crippen molar-refractivity contribution < 1.29 is 4.79 Å². The number of amides is 1. The van der Waals surface area contributed by atoms with Crippen molar-refractivity contribution in [3.05, 3.63) is 23.9 Å². The van der Waals surface area contributed by atoms with Crippen LogP contribution in [0.2, 0.25) is 0 Å². The Morgan fingerprint density at radius 2 is 2.21 bits per heavy atom. The van der Waals surface area contributed by atoms with Gasteiger partial charge in [-0.05, 0) is 43.9 Å². The number of piperidine rings is 1. The average Bonchev–Trinajstić information content (AvgIpc) is 2.46. The molecule has 1 aromatic rings. The number of hydrogen-bond acceptors (Lipinski definition) is 4. The second kappa shape index (κ2) is 6.52. The van der Waals surface area contributed by atoms with Gasteiger partial charge in [-0.1, -0.05) is 0 Å². The Morgan fingerprint density at radius 1 is 1.47 bits per heavy atom. The highest BCUT2D eigenvalue weighted by Gasteiger charge is 2.12. The van der Waals surface area contributed by atoms with Gasteiger partial charge < -0.3 is 16.0 Å². The summed E-state index contributed by atoms with van der Waals surface area (Å²) in [4.78, 5) is 18.2. The minimum atomic E-state index is -0.469. The molecule has 2 heterocycles. The summed E-state index contributed by atoms with van der Waals surface area (Å²) in [6.45, 7) is 4.33. The molecule has 0 radical (unpaired) electrons. The van der Waals surface area contributed by atoms with E-state index in [1.54, 1.807) is 13.1 Å². The lowest BCUT2D eigenvalue weighted by atomic mass is 10.1. The van der Waals surface area contributed by atoms with Gasteiger partial charge in [0.1, 0.15) is 5.82 Å². The van der Waals surface area contributed by atoms with Gasteiger partial charge in [-0.15, -0.1) is 0 Å². The minimum Gasteiger partial charge on any atom is -0.357 e. The number of pyridine rings is 1. The lowest BCUT2D eigenvalue weighted by molar-refractivity contribution is -0.122. The van der Waals surface area contributed by atoms with Gasteiger partial charge in [-0.2, -0.15) is 0 Å². The number of aromatic nitrogens is 1. The van der Waals surface area contributed by atoms with Crippen LogP contribution in [0.15, 0.2) is 18.3 Å². The van der Waals surface area contributed by atoms with E-state index in [0.29, 0.717) is 6.54 Å². The van der Waals surface area contributed by atoms with Crippen molar-refractivity contribution in [1.82, 2.24) is 10.3 Å². The first-order chi connectivity index (χ1) is 9.16. The first-order valence-corrected chi connectivity index (χ1v) is 6.90. The van der Waals surface area contributed by atoms with Crippen LogP contribution < -0.4 is 16.0 Å². The van der Waals surface area contributed by atoms with Crippen LogP contribution in [0.3, 0.4) is 0 Å². The minimum absolute atomic E-state index is 0.128. The second-order valence-electron chi connectivity index (χ2n) is 5.08. The van der Waals surface area contributed by atoms with E-state index < -0.39 is 6.04 Å². The van der Waals surface area contributed by atoms with Crippen LogP contribution in [0.4, 0.5) is 5.82 Å². The molecule has 5 heteroatoms. The topological polar surface area (TPSA) is 71.2 Å². The van der Waals surface area contributed by atoms with E-state index in [1.165, 1.54) is 19.3 Å². The molecule has 1 atom stereocenters. The van der Waals surface area contributed by atoms with E-state index >= 15 is 0 Å². The highest BCUT2D eigenvalue weighted by atomic mass is 16.2. The predicted molar refractivity (Wildman–Crippen MR) is 75.8 cm³/mol. The van der Waals surface area contributed by atoms with Gasteiger partial charge in [0.25, 0.3) is 0 Å². The number of rotatable bonds is 4. The third-order valence-electron chi connectivity index (χ3n) is 3.37. The molecule has 1 unspecified atom stereocenters. The fourth-order valence-corrected chi connectivity index (χ4v) is 2.22. The molecule has 104 valence electrons. The van der Waals surface area contributed by atoms with Crippen LogP contribution in [0.25, 0.3) is 0 Å². The highest BCUT2D eigenvalue weighted by molar-refractivity contribution is 5.80. The van der Waals surface area contributed by atoms with Crippen LogP contribution in [0.1, 0.15) is 31.7 Å². The van der Waals surface area contributed by atoms with Crippen molar-refractivity contribution in [2.45, 2.75) is 38.8 Å². The van der Waals surface area contributed by atoms with Gasteiger partial charge in [0, 0.05) is 25.8 Å². The largest absolute Gasteiger partial charge is 0.357 e. The van der Waals surface area contributed by atoms with E-state index in [-0.39, 0.29) is 5.91 Å². The monoisotopic (exact) mass is 262 g/mol. The van der Waals surface area contributed by atoms with Crippen molar-refractivity contribution >= 4 is 11.7 Å². The molecule has 0 bridgehead atoms. The molecule has 5 nitrogen and oxygen atoms in total. The third-order valence-corrected chi connectivity index (χ3v) is 3.37. The second-order valence-corrected chi connectivity index (χ2v) is 5.08. The van der Waals surface area contributed by atoms with E-state index in [0.717, 1.165) is 24.5 Å². The summed E-state index contributed by atoms with van der Waals surface area (Å²) in [6, 6.07) is 3.50. The molecule has 0 aromatic carbocycles. The maximum atomic E-state index is 11.4. The molecule has 2 rings (SSSR count). The Hall–Kier alpha value is -1.62. The number of carbonyl (C=O) groups is 1. The molecular formula is C14H22N4O. The predicted octanol–water partition coefficient (Wildman–Crippen LogP) is 1.04. The molecule has 0 spiro atoms. The quantitative estimate of drug-likeness (QED) is 0.850. The average molecular weight is 262 g/mol. The number of carbonyl (C=O) groups excluding carboxylic acids is 1. The fourth-order valence-electron chi connectivity index (χ4n) is 2.22. The molecule has 0 aliphatic carbocycles. The summed E-state index contributed by atoms with van der Waals surface area (Å²) in [6.07, 6.45) is 5.57. The molecule has 1 saturated heterocycles. The fraction of sp³-hybridized carbons (Fsp3) is 0.571. The Balaban J connectivity index is 1.96. The Morgan fingerprint density at radius 3 is 2.89 bits per heavy atom. The smallest absolute Gasteiger partial charge is 0.236 e. The SMILES string of the molecule is CC(N)C(=O)NCc1ccnc(N2CCCCC2)c1. The summed E-state index contributed by atoms with van der Waals surface area (Å²) < 4.78 is 0. The van der Waals surface area contributed by atoms with E-state index in [4.69, 9.17) is 5.73 Å². The summed E-state index contributed by atoms with van der Waals surface area (Å²) in [7, 11) is 0. The van der Waals surface area contributed by atoms with Crippen molar-refractivity contribution in [3.8, 4) is 0 Å². The molecule has 19 heavy (non-hydrogen) atoms. The van der Waals surface area contributed by atoms with Crippen LogP contribution in [0, 0.1) is 0 Å². The molecule has 3 N–H and O–H groups in total. The molecule has 1 fully saturated rings. The molecule has 0 saturated carbocycles. The zero-order chi connectivity index (χ0) is 13.7. The van der Waals surface area contributed by atoms with Gasteiger partial charge in [0.2, 0.25) is 5.91 Å². The molecular weight excluding hydrogens is 240 g/mol. The van der Waals surface area contributed by atoms with Gasteiger partial charge in [-0.25, -0.2) is 4.98 Å². The lowest BCUT2D eigenvalue weighted by Crippen LogP contribution is -2.37. The van der Waals surface area contributed by atoms with Crippen LogP contribution >= 0.6 is 0 Å². The maximum absolute atomic E-state index is 11.4. The first-order valence-electron chi connectivity index (χ1n) is 6.90. The molecule has 1 aliphatic rings. The normalized spacial score (nSPS) is 17.1. The Labute approximate surface area is 114 Å². The summed E-state index contributed by atoms with van der Waals surface area (Å²) >= 11 is 0. The van der Waals surface area contributed by atoms with Crippen molar-refractivity contribution in [2.24, 2.45) is 5.73 Å². The van der Waals surface area contributed by atoms with Crippen molar-refractivity contribution in [2.75, 3.05) is 18.0 Å². The van der Waals surface area contributed by atoms with E-state index in [2.05, 4.69) is 15.2 Å². The van der Waals surface area contributed by atoms with Crippen molar-refractivity contribution in [3.63, 3.8) is 0 Å². The van der Waals surface area contributed by atoms with Crippen LogP contribution in [0.5, 0.6) is 0 Å². The number of nitrogens with two attached hydrogens (primary N) is 1. The van der Waals surface area contributed by atoms with Gasteiger partial charge in [0.15, 0.2) is 0 Å². The number of nitrogens with zero attached hydrogens (tertiary/aromatic N) is 2. The van der Waals surface area contributed by atoms with Crippen LogP contribution in [-0.2, 0) is 11.3 Å². The van der Waals surface area contributed by atoms with Crippen LogP contribution in [-0.4, -0.2) is 30.0 Å². The Bertz CT molecular complexity index is 427. The number of anilines is 1. The zero-order valence-electron chi connectivity index (χ0n) is 11.4. The van der Waals surface area contributed by atoms with Gasteiger partial charge >= 0.3 is 0 Å². The van der Waals surface area contributed by atoms with E-state index in [9.17, 15) is 4.79 Å². The van der Waals surface area contributed by atoms with E-state index in [1.807, 2.05) is 12.1 Å². The van der Waals surface area contributed by atoms with Gasteiger partial charge in [0.05, 0.1) is 6.04 Å². The molecule has 1 aromatic heterocycles. The van der Waals surface area contributed by atoms with Crippen molar-refractivity contribution in [1.29, 1.82) is 0 Å². The molecule has 1 aliphatic heterocycles. The first kappa shape index (κ1) is 13.8. The number of nitrogens with one attached hydrogen (secondary N) is 1. The standard InChI is InChI=1S/C14H22N4O/c1-11(15)14(19)17-10-12-5-6-16-13(9-12)18-7-3-2-4-8-18/h5-6,9,11H,2-4,7-8,10,15H2,1H3,(H,17,19). The number of hydrogen-bond donors (Lipinski definition) is 2. The lowest BCUT2D eigenvalue weighted by Gasteiger charge is -2.27. The highest BCUT2D eigenvalue weighted by Crippen LogP contribution is 2.18. The third kappa shape index (κ3) is 3.92. The zero-order valence-corrected chi connectivity index (χ0v) is 11.4. The summed E-state index contributed by atoms with van der Waals surface area (Å²) in [5, 5.41) is 2.82. The van der Waals surface area contributed by atoms with Gasteiger partial charge in [-0.3, -0.25) is 4.79 Å². The maximum Gasteiger partial charge on any atom is 0.236 e. The molecule has 1 amide bonds. The summed E-state index contributed by atoms with van der Waals surface area (Å²) in [5.41, 5.74) is 6.57. The summed E-state index contributed by atoms with van der Waals surface area (Å²) in [5.74, 6) is 0.878. The Kier molecular flexibility index (Phi) is 4.74.